The molecule has 0 N–H and O–H groups in total. The van der Waals surface area contributed by atoms with Crippen molar-refractivity contribution in [2.45, 2.75) is 52.9 Å². The summed E-state index contributed by atoms with van der Waals surface area (Å²) in [7, 11) is 0. The molecule has 23 heavy (non-hydrogen) atoms. The molecule has 0 aliphatic carbocycles. The molecule has 0 bridgehead atoms. The molecular formula is C22H25F. The van der Waals surface area contributed by atoms with Crippen LogP contribution in [-0.4, -0.2) is 0 Å². The van der Waals surface area contributed by atoms with E-state index in [9.17, 15) is 4.39 Å². The van der Waals surface area contributed by atoms with Gasteiger partial charge in [-0.25, -0.2) is 4.39 Å². The van der Waals surface area contributed by atoms with E-state index in [1.54, 1.807) is 6.92 Å². The number of benzene rings is 2. The Hall–Kier alpha value is -2.07. The third-order valence-electron chi connectivity index (χ3n) is 4.05. The van der Waals surface area contributed by atoms with Gasteiger partial charge in [0.05, 0.1) is 0 Å². The van der Waals surface area contributed by atoms with Gasteiger partial charge in [0.25, 0.3) is 0 Å². The highest BCUT2D eigenvalue weighted by molar-refractivity contribution is 5.48. The minimum Gasteiger partial charge on any atom is -0.206 e. The van der Waals surface area contributed by atoms with Crippen LogP contribution in [0.2, 0.25) is 0 Å². The summed E-state index contributed by atoms with van der Waals surface area (Å²) in [6.45, 7) is 6.07. The Morgan fingerprint density at radius 1 is 0.870 bits per heavy atom. The molecule has 120 valence electrons. The Kier molecular flexibility index (Phi) is 6.41. The van der Waals surface area contributed by atoms with Crippen molar-refractivity contribution in [2.75, 3.05) is 0 Å². The predicted octanol–water partition coefficient (Wildman–Crippen LogP) is 5.83. The molecule has 2 rings (SSSR count). The van der Waals surface area contributed by atoms with E-state index in [1.807, 2.05) is 12.1 Å². The van der Waals surface area contributed by atoms with Crippen molar-refractivity contribution in [1.82, 2.24) is 0 Å². The summed E-state index contributed by atoms with van der Waals surface area (Å²) in [5.74, 6) is 6.22. The van der Waals surface area contributed by atoms with Gasteiger partial charge in [0, 0.05) is 16.7 Å². The first-order chi connectivity index (χ1) is 11.2. The van der Waals surface area contributed by atoms with Gasteiger partial charge in [0.15, 0.2) is 0 Å². The van der Waals surface area contributed by atoms with E-state index in [0.29, 0.717) is 5.56 Å². The van der Waals surface area contributed by atoms with E-state index >= 15 is 0 Å². The lowest BCUT2D eigenvalue weighted by atomic mass is 9.99. The van der Waals surface area contributed by atoms with E-state index in [1.165, 1.54) is 18.4 Å². The van der Waals surface area contributed by atoms with E-state index in [2.05, 4.69) is 50.0 Å². The van der Waals surface area contributed by atoms with Crippen LogP contribution in [0.5, 0.6) is 0 Å². The Morgan fingerprint density at radius 3 is 2.26 bits per heavy atom. The van der Waals surface area contributed by atoms with Gasteiger partial charge in [-0.1, -0.05) is 56.7 Å². The molecule has 1 heteroatoms. The van der Waals surface area contributed by atoms with Crippen molar-refractivity contribution >= 4 is 0 Å². The Labute approximate surface area is 139 Å². The van der Waals surface area contributed by atoms with Crippen LogP contribution >= 0.6 is 0 Å². The average molecular weight is 308 g/mol. The maximum absolute atomic E-state index is 14.3. The highest BCUT2D eigenvalue weighted by Crippen LogP contribution is 2.19. The number of aryl methyl sites for hydroxylation is 2. The molecule has 0 aliphatic rings. The first-order valence-corrected chi connectivity index (χ1v) is 8.54. The number of rotatable bonds is 5. The number of unbranched alkanes of at least 4 members (excludes halogenated alkanes) is 1. The van der Waals surface area contributed by atoms with E-state index in [0.717, 1.165) is 36.0 Å². The van der Waals surface area contributed by atoms with Crippen LogP contribution in [0.4, 0.5) is 4.39 Å². The zero-order chi connectivity index (χ0) is 16.7. The standard InChI is InChI=1S/C22H25F/c1-4-6-8-18-10-12-19(13-11-18)14-16-20-15-9-17(3)22(23)21(20)7-5-2/h9-13,15H,4-8H2,1-3H3. The van der Waals surface area contributed by atoms with Gasteiger partial charge in [-0.3, -0.25) is 0 Å². The van der Waals surface area contributed by atoms with Crippen molar-refractivity contribution in [3.05, 3.63) is 70.0 Å². The van der Waals surface area contributed by atoms with E-state index in [-0.39, 0.29) is 5.82 Å². The van der Waals surface area contributed by atoms with Crippen molar-refractivity contribution in [3.8, 4) is 11.8 Å². The molecule has 0 unspecified atom stereocenters. The van der Waals surface area contributed by atoms with Crippen molar-refractivity contribution < 1.29 is 4.39 Å². The van der Waals surface area contributed by atoms with E-state index < -0.39 is 0 Å². The zero-order valence-electron chi connectivity index (χ0n) is 14.4. The predicted molar refractivity (Wildman–Crippen MR) is 96.2 cm³/mol. The Balaban J connectivity index is 2.23. The van der Waals surface area contributed by atoms with Crippen LogP contribution in [0.1, 0.15) is 60.9 Å². The van der Waals surface area contributed by atoms with Crippen LogP contribution in [0.25, 0.3) is 0 Å². The lowest BCUT2D eigenvalue weighted by Crippen LogP contribution is -1.97. The van der Waals surface area contributed by atoms with Crippen molar-refractivity contribution in [1.29, 1.82) is 0 Å². The van der Waals surface area contributed by atoms with Crippen molar-refractivity contribution in [2.24, 2.45) is 0 Å². The summed E-state index contributed by atoms with van der Waals surface area (Å²) in [4.78, 5) is 0. The fourth-order valence-corrected chi connectivity index (χ4v) is 2.63. The maximum atomic E-state index is 14.3. The smallest absolute Gasteiger partial charge is 0.130 e. The molecule has 0 atom stereocenters. The third-order valence-corrected chi connectivity index (χ3v) is 4.05. The molecule has 2 aromatic rings. The van der Waals surface area contributed by atoms with Crippen LogP contribution < -0.4 is 0 Å². The van der Waals surface area contributed by atoms with Crippen LogP contribution in [0.3, 0.4) is 0 Å². The van der Waals surface area contributed by atoms with Gasteiger partial charge in [-0.2, -0.15) is 0 Å². The highest BCUT2D eigenvalue weighted by atomic mass is 19.1. The Morgan fingerprint density at radius 2 is 1.61 bits per heavy atom. The fourth-order valence-electron chi connectivity index (χ4n) is 2.63. The minimum absolute atomic E-state index is 0.103. The highest BCUT2D eigenvalue weighted by Gasteiger charge is 2.08. The third kappa shape index (κ3) is 4.70. The number of hydrogen-bond donors (Lipinski definition) is 0. The first kappa shape index (κ1) is 17.3. The quantitative estimate of drug-likeness (QED) is 0.610. The molecule has 0 amide bonds. The zero-order valence-corrected chi connectivity index (χ0v) is 14.4. The molecule has 0 heterocycles. The van der Waals surface area contributed by atoms with E-state index in [4.69, 9.17) is 0 Å². The minimum atomic E-state index is -0.103. The summed E-state index contributed by atoms with van der Waals surface area (Å²) in [6.07, 6.45) is 5.19. The molecule has 0 aliphatic heterocycles. The topological polar surface area (TPSA) is 0 Å². The summed E-state index contributed by atoms with van der Waals surface area (Å²) in [5.41, 5.74) is 4.59. The normalized spacial score (nSPS) is 10.3. The van der Waals surface area contributed by atoms with Gasteiger partial charge in [0.1, 0.15) is 5.82 Å². The van der Waals surface area contributed by atoms with Crippen LogP contribution in [-0.2, 0) is 12.8 Å². The summed E-state index contributed by atoms with van der Waals surface area (Å²) in [6, 6.07) is 12.1. The molecule has 2 aromatic carbocycles. The molecule has 0 saturated carbocycles. The Bertz CT molecular complexity index is 699. The van der Waals surface area contributed by atoms with Crippen molar-refractivity contribution in [3.63, 3.8) is 0 Å². The first-order valence-electron chi connectivity index (χ1n) is 8.54. The lowest BCUT2D eigenvalue weighted by Gasteiger charge is -2.07. The fraction of sp³-hybridized carbons (Fsp3) is 0.364. The average Bonchev–Trinajstić information content (AvgIpc) is 2.57. The molecule has 0 fully saturated rings. The van der Waals surface area contributed by atoms with Gasteiger partial charge in [0.2, 0.25) is 0 Å². The monoisotopic (exact) mass is 308 g/mol. The van der Waals surface area contributed by atoms with Crippen LogP contribution in [0, 0.1) is 24.6 Å². The summed E-state index contributed by atoms with van der Waals surface area (Å²) >= 11 is 0. The molecular weight excluding hydrogens is 283 g/mol. The second-order valence-corrected chi connectivity index (χ2v) is 6.02. The van der Waals surface area contributed by atoms with Gasteiger partial charge in [-0.15, -0.1) is 0 Å². The SMILES string of the molecule is CCCCc1ccc(C#Cc2ccc(C)c(F)c2CCC)cc1. The lowest BCUT2D eigenvalue weighted by molar-refractivity contribution is 0.597. The molecule has 0 nitrogen and oxygen atoms in total. The number of halogens is 1. The summed E-state index contributed by atoms with van der Waals surface area (Å²) in [5, 5.41) is 0. The maximum Gasteiger partial charge on any atom is 0.130 e. The second kappa shape index (κ2) is 8.53. The van der Waals surface area contributed by atoms with Gasteiger partial charge in [-0.05, 0) is 55.5 Å². The van der Waals surface area contributed by atoms with Gasteiger partial charge < -0.3 is 0 Å². The van der Waals surface area contributed by atoms with Gasteiger partial charge >= 0.3 is 0 Å². The van der Waals surface area contributed by atoms with Crippen LogP contribution in [0.15, 0.2) is 36.4 Å². The molecule has 0 radical (unpaired) electrons. The molecule has 0 spiro atoms. The molecule has 0 saturated heterocycles. The molecule has 0 aromatic heterocycles. The largest absolute Gasteiger partial charge is 0.206 e. The number of hydrogen-bond acceptors (Lipinski definition) is 0. The second-order valence-electron chi connectivity index (χ2n) is 6.02. The summed E-state index contributed by atoms with van der Waals surface area (Å²) < 4.78 is 14.3.